The van der Waals surface area contributed by atoms with E-state index in [1.807, 2.05) is 6.07 Å². The van der Waals surface area contributed by atoms with Crippen molar-refractivity contribution in [3.05, 3.63) is 54.3 Å². The number of thioether (sulfide) groups is 1. The fourth-order valence-electron chi connectivity index (χ4n) is 1.61. The highest BCUT2D eigenvalue weighted by Crippen LogP contribution is 2.19. The third kappa shape index (κ3) is 4.59. The first-order valence-electron chi connectivity index (χ1n) is 6.17. The summed E-state index contributed by atoms with van der Waals surface area (Å²) in [4.78, 5) is 12.5. The average molecular weight is 290 g/mol. The summed E-state index contributed by atoms with van der Waals surface area (Å²) >= 11 is 1.46. The summed E-state index contributed by atoms with van der Waals surface area (Å²) in [6.45, 7) is 0. The van der Waals surface area contributed by atoms with E-state index in [9.17, 15) is 9.18 Å². The van der Waals surface area contributed by atoms with Crippen LogP contribution in [0.25, 0.3) is 0 Å². The lowest BCUT2D eigenvalue weighted by atomic mass is 10.3. The van der Waals surface area contributed by atoms with Gasteiger partial charge >= 0.3 is 0 Å². The molecule has 20 heavy (non-hydrogen) atoms. The van der Waals surface area contributed by atoms with Crippen LogP contribution in [0.5, 0.6) is 0 Å². The third-order valence-electron chi connectivity index (χ3n) is 2.59. The van der Waals surface area contributed by atoms with E-state index in [2.05, 4.69) is 5.32 Å². The van der Waals surface area contributed by atoms with Crippen LogP contribution in [-0.4, -0.2) is 11.7 Å². The zero-order valence-corrected chi connectivity index (χ0v) is 11.6. The molecule has 0 aliphatic heterocycles. The molecule has 104 valence electrons. The Morgan fingerprint density at radius 2 is 1.95 bits per heavy atom. The van der Waals surface area contributed by atoms with Crippen LogP contribution >= 0.6 is 11.8 Å². The van der Waals surface area contributed by atoms with Gasteiger partial charge in [0.25, 0.3) is 0 Å². The van der Waals surface area contributed by atoms with E-state index in [1.165, 1.54) is 23.9 Å². The van der Waals surface area contributed by atoms with Crippen LogP contribution in [0.2, 0.25) is 0 Å². The van der Waals surface area contributed by atoms with Crippen LogP contribution in [0, 0.1) is 5.82 Å². The summed E-state index contributed by atoms with van der Waals surface area (Å²) in [5.41, 5.74) is 6.95. The molecular formula is C15H15FN2OS. The number of benzene rings is 2. The van der Waals surface area contributed by atoms with Gasteiger partial charge < -0.3 is 11.1 Å². The summed E-state index contributed by atoms with van der Waals surface area (Å²) in [6, 6.07) is 13.3. The molecule has 0 atom stereocenters. The molecule has 3 nitrogen and oxygen atoms in total. The maximum Gasteiger partial charge on any atom is 0.225 e. The van der Waals surface area contributed by atoms with Gasteiger partial charge in [-0.15, -0.1) is 11.8 Å². The summed E-state index contributed by atoms with van der Waals surface area (Å²) in [5, 5.41) is 2.78. The van der Waals surface area contributed by atoms with E-state index in [0.717, 1.165) is 10.6 Å². The highest BCUT2D eigenvalue weighted by molar-refractivity contribution is 7.99. The fourth-order valence-corrected chi connectivity index (χ4v) is 2.50. The molecule has 1 amide bonds. The van der Waals surface area contributed by atoms with Gasteiger partial charge in [0.1, 0.15) is 5.82 Å². The van der Waals surface area contributed by atoms with Crippen molar-refractivity contribution in [3.8, 4) is 0 Å². The lowest BCUT2D eigenvalue weighted by Crippen LogP contribution is -2.12. The average Bonchev–Trinajstić information content (AvgIpc) is 2.41. The van der Waals surface area contributed by atoms with Crippen molar-refractivity contribution in [2.75, 3.05) is 16.8 Å². The standard InChI is InChI=1S/C15H15FN2OS/c16-11-2-1-3-14(10-11)20-9-8-15(19)18-13-6-4-12(17)5-7-13/h1-7,10H,8-9,17H2,(H,18,19). The molecule has 0 aliphatic rings. The maximum atomic E-state index is 13.0. The van der Waals surface area contributed by atoms with Gasteiger partial charge in [0, 0.05) is 28.4 Å². The summed E-state index contributed by atoms with van der Waals surface area (Å²) in [5.74, 6) is 0.268. The molecule has 0 fully saturated rings. The molecule has 2 rings (SSSR count). The number of anilines is 2. The number of carbonyl (C=O) groups is 1. The van der Waals surface area contributed by atoms with Crippen molar-refractivity contribution in [1.29, 1.82) is 0 Å². The Balaban J connectivity index is 1.76. The van der Waals surface area contributed by atoms with Gasteiger partial charge in [-0.2, -0.15) is 0 Å². The predicted octanol–water partition coefficient (Wildman–Crippen LogP) is 3.53. The summed E-state index contributed by atoms with van der Waals surface area (Å²) < 4.78 is 13.0. The second kappa shape index (κ2) is 6.96. The Hall–Kier alpha value is -2.01. The van der Waals surface area contributed by atoms with Crippen molar-refractivity contribution in [3.63, 3.8) is 0 Å². The maximum absolute atomic E-state index is 13.0. The van der Waals surface area contributed by atoms with E-state index in [-0.39, 0.29) is 11.7 Å². The normalized spacial score (nSPS) is 10.2. The molecule has 3 N–H and O–H groups in total. The van der Waals surface area contributed by atoms with Crippen LogP contribution in [0.15, 0.2) is 53.4 Å². The van der Waals surface area contributed by atoms with Crippen molar-refractivity contribution >= 4 is 29.0 Å². The zero-order valence-electron chi connectivity index (χ0n) is 10.8. The molecule has 0 radical (unpaired) electrons. The molecular weight excluding hydrogens is 275 g/mol. The van der Waals surface area contributed by atoms with Crippen molar-refractivity contribution in [1.82, 2.24) is 0 Å². The zero-order chi connectivity index (χ0) is 14.4. The first-order chi connectivity index (χ1) is 9.63. The minimum absolute atomic E-state index is 0.0707. The number of carbonyl (C=O) groups excluding carboxylic acids is 1. The molecule has 2 aromatic carbocycles. The number of amides is 1. The second-order valence-electron chi connectivity index (χ2n) is 4.23. The first kappa shape index (κ1) is 14.4. The van der Waals surface area contributed by atoms with Gasteiger partial charge in [0.05, 0.1) is 0 Å². The van der Waals surface area contributed by atoms with Crippen LogP contribution in [0.4, 0.5) is 15.8 Å². The first-order valence-corrected chi connectivity index (χ1v) is 7.16. The Morgan fingerprint density at radius 1 is 1.20 bits per heavy atom. The molecule has 0 bridgehead atoms. The largest absolute Gasteiger partial charge is 0.399 e. The third-order valence-corrected chi connectivity index (χ3v) is 3.58. The smallest absolute Gasteiger partial charge is 0.225 e. The van der Waals surface area contributed by atoms with Gasteiger partial charge in [-0.25, -0.2) is 4.39 Å². The molecule has 0 saturated carbocycles. The minimum atomic E-state index is -0.263. The van der Waals surface area contributed by atoms with E-state index >= 15 is 0 Å². The molecule has 0 heterocycles. The van der Waals surface area contributed by atoms with Gasteiger partial charge in [-0.05, 0) is 42.5 Å². The quantitative estimate of drug-likeness (QED) is 0.654. The molecule has 5 heteroatoms. The van der Waals surface area contributed by atoms with Crippen LogP contribution in [0.1, 0.15) is 6.42 Å². The SMILES string of the molecule is Nc1ccc(NC(=O)CCSc2cccc(F)c2)cc1. The summed E-state index contributed by atoms with van der Waals surface area (Å²) in [6.07, 6.45) is 0.367. The Labute approximate surface area is 121 Å². The summed E-state index contributed by atoms with van der Waals surface area (Å²) in [7, 11) is 0. The Bertz CT molecular complexity index is 587. The number of nitrogens with two attached hydrogens (primary N) is 1. The van der Waals surface area contributed by atoms with Gasteiger partial charge in [0.2, 0.25) is 5.91 Å². The van der Waals surface area contributed by atoms with Crippen molar-refractivity contribution in [2.24, 2.45) is 0 Å². The molecule has 0 aliphatic carbocycles. The van der Waals surface area contributed by atoms with E-state index in [4.69, 9.17) is 5.73 Å². The Morgan fingerprint density at radius 3 is 2.65 bits per heavy atom. The predicted molar refractivity (Wildman–Crippen MR) is 81.2 cm³/mol. The van der Waals surface area contributed by atoms with Gasteiger partial charge in [-0.1, -0.05) is 6.07 Å². The van der Waals surface area contributed by atoms with Gasteiger partial charge in [0.15, 0.2) is 0 Å². The minimum Gasteiger partial charge on any atom is -0.399 e. The van der Waals surface area contributed by atoms with Gasteiger partial charge in [-0.3, -0.25) is 4.79 Å². The monoisotopic (exact) mass is 290 g/mol. The van der Waals surface area contributed by atoms with Crippen LogP contribution < -0.4 is 11.1 Å². The lowest BCUT2D eigenvalue weighted by Gasteiger charge is -2.05. The highest BCUT2D eigenvalue weighted by atomic mass is 32.2. The number of halogens is 1. The van der Waals surface area contributed by atoms with E-state index < -0.39 is 0 Å². The van der Waals surface area contributed by atoms with E-state index in [1.54, 1.807) is 30.3 Å². The molecule has 0 unspecified atom stereocenters. The highest BCUT2D eigenvalue weighted by Gasteiger charge is 2.03. The number of hydrogen-bond donors (Lipinski definition) is 2. The fraction of sp³-hybridized carbons (Fsp3) is 0.133. The number of nitrogens with one attached hydrogen (secondary N) is 1. The molecule has 0 saturated heterocycles. The molecule has 0 spiro atoms. The van der Waals surface area contributed by atoms with Crippen LogP contribution in [-0.2, 0) is 4.79 Å². The number of rotatable bonds is 5. The number of hydrogen-bond acceptors (Lipinski definition) is 3. The lowest BCUT2D eigenvalue weighted by molar-refractivity contribution is -0.115. The number of nitrogen functional groups attached to an aromatic ring is 1. The van der Waals surface area contributed by atoms with E-state index in [0.29, 0.717) is 17.9 Å². The van der Waals surface area contributed by atoms with Crippen molar-refractivity contribution < 1.29 is 9.18 Å². The topological polar surface area (TPSA) is 55.1 Å². The molecule has 0 aromatic heterocycles. The Kier molecular flexibility index (Phi) is 5.01. The molecule has 2 aromatic rings. The van der Waals surface area contributed by atoms with Crippen molar-refractivity contribution in [2.45, 2.75) is 11.3 Å². The van der Waals surface area contributed by atoms with Crippen LogP contribution in [0.3, 0.4) is 0 Å². The second-order valence-corrected chi connectivity index (χ2v) is 5.39.